The van der Waals surface area contributed by atoms with Crippen molar-refractivity contribution in [2.45, 2.75) is 49.5 Å². The molecule has 1 saturated heterocycles. The van der Waals surface area contributed by atoms with Crippen molar-refractivity contribution in [3.05, 3.63) is 30.3 Å². The number of nitrogens with zero attached hydrogens (tertiary/aromatic N) is 1. The van der Waals surface area contributed by atoms with Crippen molar-refractivity contribution < 1.29 is 14.4 Å². The largest absolute Gasteiger partial charge is 0.355 e. The van der Waals surface area contributed by atoms with Crippen LogP contribution in [0.4, 0.5) is 4.79 Å². The van der Waals surface area contributed by atoms with Crippen molar-refractivity contribution in [3.63, 3.8) is 0 Å². The second-order valence-corrected chi connectivity index (χ2v) is 8.47. The topological polar surface area (TPSA) is 78.5 Å². The van der Waals surface area contributed by atoms with E-state index in [1.54, 1.807) is 11.8 Å². The highest BCUT2D eigenvalue weighted by atomic mass is 32.2. The van der Waals surface area contributed by atoms with Crippen LogP contribution in [0.5, 0.6) is 0 Å². The van der Waals surface area contributed by atoms with Crippen molar-refractivity contribution in [3.8, 4) is 0 Å². The number of hydrogen-bond acceptors (Lipinski definition) is 4. The molecule has 4 amide bonds. The highest BCUT2D eigenvalue weighted by Crippen LogP contribution is 2.38. The fourth-order valence-corrected chi connectivity index (χ4v) is 4.72. The van der Waals surface area contributed by atoms with Gasteiger partial charge in [-0.1, -0.05) is 38.0 Å². The number of nitrogens with one attached hydrogen (secondary N) is 2. The normalized spacial score (nSPS) is 24.9. The third-order valence-electron chi connectivity index (χ3n) is 5.46. The first-order valence-corrected chi connectivity index (χ1v) is 10.6. The first-order chi connectivity index (χ1) is 13.0. The predicted octanol–water partition coefficient (Wildman–Crippen LogP) is 2.79. The van der Waals surface area contributed by atoms with E-state index in [4.69, 9.17) is 0 Å². The molecule has 1 aliphatic heterocycles. The van der Waals surface area contributed by atoms with Gasteiger partial charge in [0.1, 0.15) is 12.1 Å². The number of urea groups is 1. The van der Waals surface area contributed by atoms with Crippen LogP contribution in [0.1, 0.15) is 39.0 Å². The van der Waals surface area contributed by atoms with Crippen molar-refractivity contribution >= 4 is 29.6 Å². The molecule has 1 saturated carbocycles. The maximum absolute atomic E-state index is 12.8. The zero-order valence-electron chi connectivity index (χ0n) is 15.7. The number of thioether (sulfide) groups is 1. The van der Waals surface area contributed by atoms with Crippen LogP contribution < -0.4 is 10.6 Å². The third-order valence-corrected chi connectivity index (χ3v) is 6.56. The molecule has 2 atom stereocenters. The molecule has 2 aliphatic rings. The molecule has 0 aromatic heterocycles. The van der Waals surface area contributed by atoms with Gasteiger partial charge in [-0.05, 0) is 43.1 Å². The summed E-state index contributed by atoms with van der Waals surface area (Å²) in [6.45, 7) is 2.33. The van der Waals surface area contributed by atoms with Gasteiger partial charge in [0, 0.05) is 11.4 Å². The quantitative estimate of drug-likeness (QED) is 0.427. The van der Waals surface area contributed by atoms with E-state index < -0.39 is 11.6 Å². The van der Waals surface area contributed by atoms with Crippen LogP contribution in [0, 0.1) is 5.92 Å². The minimum Gasteiger partial charge on any atom is -0.355 e. The van der Waals surface area contributed by atoms with Gasteiger partial charge in [0.15, 0.2) is 0 Å². The molecule has 0 bridgehead atoms. The molecule has 2 N–H and O–H groups in total. The molecule has 1 aromatic rings. The molecule has 1 heterocycles. The van der Waals surface area contributed by atoms with E-state index in [0.717, 1.165) is 36.3 Å². The Hall–Kier alpha value is -2.02. The van der Waals surface area contributed by atoms with Gasteiger partial charge in [0.25, 0.3) is 5.91 Å². The smallest absolute Gasteiger partial charge is 0.325 e. The number of carbonyl (C=O) groups excluding carboxylic acids is 3. The molecule has 7 heteroatoms. The van der Waals surface area contributed by atoms with Crippen molar-refractivity contribution in [2.24, 2.45) is 5.92 Å². The van der Waals surface area contributed by atoms with Gasteiger partial charge in [-0.25, -0.2) is 4.79 Å². The summed E-state index contributed by atoms with van der Waals surface area (Å²) in [5.41, 5.74) is -0.804. The summed E-state index contributed by atoms with van der Waals surface area (Å²) in [7, 11) is 0. The first-order valence-electron chi connectivity index (χ1n) is 9.61. The molecule has 3 rings (SSSR count). The lowest BCUT2D eigenvalue weighted by molar-refractivity contribution is -0.137. The van der Waals surface area contributed by atoms with E-state index in [2.05, 4.69) is 22.8 Å². The number of benzene rings is 1. The fourth-order valence-electron chi connectivity index (χ4n) is 3.85. The zero-order valence-corrected chi connectivity index (χ0v) is 16.5. The summed E-state index contributed by atoms with van der Waals surface area (Å²) >= 11 is 1.74. The van der Waals surface area contributed by atoms with Crippen LogP contribution in [-0.4, -0.2) is 47.1 Å². The highest BCUT2D eigenvalue weighted by Gasteiger charge is 2.55. The van der Waals surface area contributed by atoms with Crippen molar-refractivity contribution in [1.82, 2.24) is 15.5 Å². The Morgan fingerprint density at radius 3 is 2.81 bits per heavy atom. The SMILES string of the molecule is C[C@@H]1CCCC[C@@]12NC(=O)N(CC(=O)NCCCSc1ccccc1)C2=O. The van der Waals surface area contributed by atoms with E-state index in [0.29, 0.717) is 13.0 Å². The van der Waals surface area contributed by atoms with Gasteiger partial charge in [-0.15, -0.1) is 11.8 Å². The lowest BCUT2D eigenvalue weighted by Crippen LogP contribution is -2.54. The van der Waals surface area contributed by atoms with Crippen LogP contribution in [0.3, 0.4) is 0 Å². The van der Waals surface area contributed by atoms with E-state index in [9.17, 15) is 14.4 Å². The average Bonchev–Trinajstić information content (AvgIpc) is 2.90. The Labute approximate surface area is 164 Å². The monoisotopic (exact) mass is 389 g/mol. The minimum absolute atomic E-state index is 0.103. The fraction of sp³-hybridized carbons (Fsp3) is 0.550. The number of amides is 4. The maximum atomic E-state index is 12.8. The second kappa shape index (κ2) is 8.78. The maximum Gasteiger partial charge on any atom is 0.325 e. The Morgan fingerprint density at radius 2 is 2.07 bits per heavy atom. The van der Waals surface area contributed by atoms with Gasteiger partial charge in [0.2, 0.25) is 5.91 Å². The average molecular weight is 390 g/mol. The summed E-state index contributed by atoms with van der Waals surface area (Å²) in [5, 5.41) is 5.69. The lowest BCUT2D eigenvalue weighted by Gasteiger charge is -2.36. The molecule has 27 heavy (non-hydrogen) atoms. The summed E-state index contributed by atoms with van der Waals surface area (Å²) in [5.74, 6) is 0.470. The van der Waals surface area contributed by atoms with Gasteiger partial charge < -0.3 is 10.6 Å². The summed E-state index contributed by atoms with van der Waals surface area (Å²) < 4.78 is 0. The van der Waals surface area contributed by atoms with E-state index in [1.165, 1.54) is 4.90 Å². The predicted molar refractivity (Wildman–Crippen MR) is 105 cm³/mol. The van der Waals surface area contributed by atoms with Gasteiger partial charge in [-0.2, -0.15) is 0 Å². The van der Waals surface area contributed by atoms with E-state index >= 15 is 0 Å². The molecular weight excluding hydrogens is 362 g/mol. The number of imide groups is 1. The lowest BCUT2D eigenvalue weighted by atomic mass is 9.73. The molecule has 2 fully saturated rings. The first kappa shape index (κ1) is 19.7. The van der Waals surface area contributed by atoms with Gasteiger partial charge in [0.05, 0.1) is 0 Å². The molecule has 1 aromatic carbocycles. The number of hydrogen-bond donors (Lipinski definition) is 2. The molecule has 6 nitrogen and oxygen atoms in total. The Kier molecular flexibility index (Phi) is 6.42. The molecule has 1 spiro atoms. The standard InChI is InChI=1S/C20H27N3O3S/c1-15-8-5-6-11-20(15)18(25)23(19(26)22-20)14-17(24)21-12-7-13-27-16-9-3-2-4-10-16/h2-4,9-10,15H,5-8,11-14H2,1H3,(H,21,24)(H,22,26)/t15-,20-/m1/s1. The Morgan fingerprint density at radius 1 is 1.30 bits per heavy atom. The summed E-state index contributed by atoms with van der Waals surface area (Å²) in [6, 6.07) is 9.66. The zero-order chi connectivity index (χ0) is 19.3. The van der Waals surface area contributed by atoms with Crippen LogP contribution in [-0.2, 0) is 9.59 Å². The molecule has 0 radical (unpaired) electrons. The van der Waals surface area contributed by atoms with Gasteiger partial charge >= 0.3 is 6.03 Å². The molecule has 0 unspecified atom stereocenters. The minimum atomic E-state index is -0.804. The molecular formula is C20H27N3O3S. The number of carbonyl (C=O) groups is 3. The molecule has 146 valence electrons. The Bertz CT molecular complexity index is 697. The van der Waals surface area contributed by atoms with Crippen LogP contribution in [0.2, 0.25) is 0 Å². The highest BCUT2D eigenvalue weighted by molar-refractivity contribution is 7.99. The van der Waals surface area contributed by atoms with Crippen LogP contribution in [0.25, 0.3) is 0 Å². The molecule has 1 aliphatic carbocycles. The number of rotatable bonds is 7. The second-order valence-electron chi connectivity index (χ2n) is 7.30. The van der Waals surface area contributed by atoms with Gasteiger partial charge in [-0.3, -0.25) is 14.5 Å². The van der Waals surface area contributed by atoms with Crippen LogP contribution in [0.15, 0.2) is 35.2 Å². The van der Waals surface area contributed by atoms with Crippen LogP contribution >= 0.6 is 11.8 Å². The van der Waals surface area contributed by atoms with Crippen molar-refractivity contribution in [2.75, 3.05) is 18.8 Å². The van der Waals surface area contributed by atoms with E-state index in [1.807, 2.05) is 25.1 Å². The summed E-state index contributed by atoms with van der Waals surface area (Å²) in [4.78, 5) is 39.6. The summed E-state index contributed by atoms with van der Waals surface area (Å²) in [6.07, 6.45) is 4.41. The van der Waals surface area contributed by atoms with E-state index in [-0.39, 0.29) is 24.3 Å². The third kappa shape index (κ3) is 4.46. The van der Waals surface area contributed by atoms with Crippen molar-refractivity contribution in [1.29, 1.82) is 0 Å². The Balaban J connectivity index is 1.42.